The summed E-state index contributed by atoms with van der Waals surface area (Å²) in [5.41, 5.74) is 3.88. The molecule has 0 aliphatic heterocycles. The van der Waals surface area contributed by atoms with Gasteiger partial charge in [0, 0.05) is 17.8 Å². The van der Waals surface area contributed by atoms with Gasteiger partial charge in [0.25, 0.3) is 0 Å². The third-order valence-electron chi connectivity index (χ3n) is 6.17. The zero-order chi connectivity index (χ0) is 24.1. The monoisotopic (exact) mass is 459 g/mol. The van der Waals surface area contributed by atoms with Crippen molar-refractivity contribution in [2.45, 2.75) is 44.9 Å². The van der Waals surface area contributed by atoms with Crippen molar-refractivity contribution in [2.75, 3.05) is 10.6 Å². The van der Waals surface area contributed by atoms with Gasteiger partial charge in [-0.3, -0.25) is 9.59 Å². The molecule has 1 heterocycles. The molecule has 1 aliphatic rings. The van der Waals surface area contributed by atoms with Crippen molar-refractivity contribution >= 4 is 29.3 Å². The number of hydrogen-bond acceptors (Lipinski definition) is 7. The van der Waals surface area contributed by atoms with Crippen molar-refractivity contribution in [2.24, 2.45) is 5.92 Å². The minimum atomic E-state index is -0.725. The highest BCUT2D eigenvalue weighted by atomic mass is 16.4. The molecule has 0 saturated heterocycles. The molecule has 0 spiro atoms. The molecule has 0 bridgehead atoms. The number of nitriles is 1. The Hall–Kier alpha value is -4.19. The van der Waals surface area contributed by atoms with Gasteiger partial charge < -0.3 is 20.2 Å². The number of benzene rings is 2. The van der Waals surface area contributed by atoms with Gasteiger partial charge in [-0.15, -0.1) is 5.10 Å². The molecule has 3 N–H and O–H groups in total. The molecule has 0 radical (unpaired) electrons. The zero-order valence-corrected chi connectivity index (χ0v) is 18.7. The number of hydrogen-bond donors (Lipinski definition) is 3. The molecule has 174 valence electrons. The second-order valence-electron chi connectivity index (χ2n) is 8.57. The van der Waals surface area contributed by atoms with Crippen LogP contribution in [0.2, 0.25) is 0 Å². The molecule has 0 unspecified atom stereocenters. The Morgan fingerprint density at radius 3 is 2.50 bits per heavy atom. The minimum Gasteiger partial charge on any atom is -0.481 e. The number of carboxylic acids is 1. The van der Waals surface area contributed by atoms with Crippen molar-refractivity contribution in [3.05, 3.63) is 65.0 Å². The van der Waals surface area contributed by atoms with Crippen LogP contribution >= 0.6 is 0 Å². The summed E-state index contributed by atoms with van der Waals surface area (Å²) in [6.07, 6.45) is 4.04. The number of aliphatic carboxylic acids is 1. The van der Waals surface area contributed by atoms with E-state index in [9.17, 15) is 9.59 Å². The fraction of sp³-hybridized carbons (Fsp3) is 0.320. The summed E-state index contributed by atoms with van der Waals surface area (Å²) < 4.78 is 5.44. The van der Waals surface area contributed by atoms with Gasteiger partial charge in [0.05, 0.1) is 11.6 Å². The molecule has 1 saturated carbocycles. The summed E-state index contributed by atoms with van der Waals surface area (Å²) in [7, 11) is 0. The summed E-state index contributed by atoms with van der Waals surface area (Å²) >= 11 is 0. The normalized spacial score (nSPS) is 17.5. The number of amides is 1. The Kier molecular flexibility index (Phi) is 6.87. The lowest BCUT2D eigenvalue weighted by molar-refractivity contribution is -0.138. The first-order valence-corrected chi connectivity index (χ1v) is 11.2. The molecule has 3 aromatic rings. The predicted octanol–water partition coefficient (Wildman–Crippen LogP) is 4.99. The van der Waals surface area contributed by atoms with E-state index in [-0.39, 0.29) is 24.2 Å². The second-order valence-corrected chi connectivity index (χ2v) is 8.57. The first-order valence-electron chi connectivity index (χ1n) is 11.2. The smallest absolute Gasteiger partial charge is 0.320 e. The second kappa shape index (κ2) is 10.2. The van der Waals surface area contributed by atoms with Gasteiger partial charge in [0.1, 0.15) is 0 Å². The van der Waals surface area contributed by atoms with Crippen LogP contribution in [0.5, 0.6) is 0 Å². The highest BCUT2D eigenvalue weighted by molar-refractivity contribution is 6.00. The standard InChI is InChI=1S/C25H25N5O4/c1-15-12-17(14-26)4-11-21(15)28-25-30-29-24(34-25)23(33)27-20-9-7-19(8-10-20)18-5-2-16(3-6-18)13-22(31)32/h4,7-12,16,18H,2-3,5-6,13H2,1H3,(H,27,33)(H,28,30)(H,31,32)/t16-,18-. The number of aromatic nitrogens is 2. The van der Waals surface area contributed by atoms with E-state index >= 15 is 0 Å². The number of aryl methyl sites for hydroxylation is 1. The lowest BCUT2D eigenvalue weighted by Gasteiger charge is -2.28. The Morgan fingerprint density at radius 1 is 1.12 bits per heavy atom. The maximum absolute atomic E-state index is 12.5. The van der Waals surface area contributed by atoms with Crippen LogP contribution in [0.3, 0.4) is 0 Å². The largest absolute Gasteiger partial charge is 0.481 e. The van der Waals surface area contributed by atoms with E-state index in [0.29, 0.717) is 22.9 Å². The number of nitrogens with one attached hydrogen (secondary N) is 2. The molecular formula is C25H25N5O4. The van der Waals surface area contributed by atoms with Crippen LogP contribution < -0.4 is 10.6 Å². The number of carbonyl (C=O) groups is 2. The molecule has 1 amide bonds. The highest BCUT2D eigenvalue weighted by Crippen LogP contribution is 2.37. The summed E-state index contributed by atoms with van der Waals surface area (Å²) in [5, 5.41) is 31.3. The summed E-state index contributed by atoms with van der Waals surface area (Å²) in [5.74, 6) is -0.738. The molecule has 0 atom stereocenters. The fourth-order valence-electron chi connectivity index (χ4n) is 4.32. The van der Waals surface area contributed by atoms with Crippen molar-refractivity contribution in [3.63, 3.8) is 0 Å². The number of anilines is 3. The Labute approximate surface area is 196 Å². The Morgan fingerprint density at radius 2 is 1.85 bits per heavy atom. The van der Waals surface area contributed by atoms with Gasteiger partial charge in [-0.2, -0.15) is 5.26 Å². The van der Waals surface area contributed by atoms with Gasteiger partial charge in [-0.05, 0) is 85.9 Å². The molecule has 4 rings (SSSR count). The summed E-state index contributed by atoms with van der Waals surface area (Å²) in [4.78, 5) is 23.4. The van der Waals surface area contributed by atoms with Gasteiger partial charge in [-0.25, -0.2) is 0 Å². The molecule has 1 fully saturated rings. The van der Waals surface area contributed by atoms with Crippen LogP contribution in [0.1, 0.15) is 65.4 Å². The van der Waals surface area contributed by atoms with Crippen LogP contribution in [0.4, 0.5) is 17.4 Å². The van der Waals surface area contributed by atoms with E-state index < -0.39 is 11.9 Å². The SMILES string of the molecule is Cc1cc(C#N)ccc1Nc1nnc(C(=O)Nc2ccc([C@H]3CC[C@H](CC(=O)O)CC3)cc2)o1. The fourth-order valence-corrected chi connectivity index (χ4v) is 4.32. The van der Waals surface area contributed by atoms with E-state index in [1.54, 1.807) is 18.2 Å². The predicted molar refractivity (Wildman–Crippen MR) is 125 cm³/mol. The van der Waals surface area contributed by atoms with E-state index in [2.05, 4.69) is 26.9 Å². The van der Waals surface area contributed by atoms with E-state index in [4.69, 9.17) is 14.8 Å². The van der Waals surface area contributed by atoms with Crippen LogP contribution in [0.15, 0.2) is 46.9 Å². The Balaban J connectivity index is 1.33. The summed E-state index contributed by atoms with van der Waals surface area (Å²) in [6.45, 7) is 1.85. The average Bonchev–Trinajstić information content (AvgIpc) is 3.30. The number of carboxylic acid groups (broad SMARTS) is 1. The van der Waals surface area contributed by atoms with Crippen molar-refractivity contribution in [1.82, 2.24) is 10.2 Å². The molecule has 34 heavy (non-hydrogen) atoms. The van der Waals surface area contributed by atoms with Gasteiger partial charge in [0.2, 0.25) is 0 Å². The minimum absolute atomic E-state index is 0.0757. The number of rotatable bonds is 7. The Bertz CT molecular complexity index is 1220. The molecule has 2 aromatic carbocycles. The topological polar surface area (TPSA) is 141 Å². The van der Waals surface area contributed by atoms with Crippen molar-refractivity contribution in [3.8, 4) is 6.07 Å². The number of carbonyl (C=O) groups excluding carboxylic acids is 1. The van der Waals surface area contributed by atoms with Crippen LogP contribution in [0, 0.1) is 24.2 Å². The quantitative estimate of drug-likeness (QED) is 0.448. The molecular weight excluding hydrogens is 434 g/mol. The van der Waals surface area contributed by atoms with Crippen LogP contribution in [-0.4, -0.2) is 27.2 Å². The van der Waals surface area contributed by atoms with E-state index in [0.717, 1.165) is 31.2 Å². The summed E-state index contributed by atoms with van der Waals surface area (Å²) in [6, 6.07) is 15.0. The zero-order valence-electron chi connectivity index (χ0n) is 18.7. The lowest BCUT2D eigenvalue weighted by Crippen LogP contribution is -2.16. The maximum atomic E-state index is 12.5. The lowest BCUT2D eigenvalue weighted by atomic mass is 9.77. The molecule has 1 aliphatic carbocycles. The van der Waals surface area contributed by atoms with E-state index in [1.165, 1.54) is 5.56 Å². The van der Waals surface area contributed by atoms with Gasteiger partial charge in [-0.1, -0.05) is 17.2 Å². The van der Waals surface area contributed by atoms with Crippen molar-refractivity contribution < 1.29 is 19.1 Å². The first kappa shape index (κ1) is 23.0. The molecule has 1 aromatic heterocycles. The van der Waals surface area contributed by atoms with Gasteiger partial charge in [0.15, 0.2) is 0 Å². The van der Waals surface area contributed by atoms with Gasteiger partial charge >= 0.3 is 23.8 Å². The van der Waals surface area contributed by atoms with E-state index in [1.807, 2.05) is 31.2 Å². The molecule has 9 nitrogen and oxygen atoms in total. The van der Waals surface area contributed by atoms with Crippen LogP contribution in [-0.2, 0) is 4.79 Å². The van der Waals surface area contributed by atoms with Crippen LogP contribution in [0.25, 0.3) is 0 Å². The number of nitrogens with zero attached hydrogens (tertiary/aromatic N) is 3. The average molecular weight is 460 g/mol. The maximum Gasteiger partial charge on any atom is 0.320 e. The third-order valence-corrected chi connectivity index (χ3v) is 6.17. The third kappa shape index (κ3) is 5.59. The van der Waals surface area contributed by atoms with Crippen molar-refractivity contribution in [1.29, 1.82) is 5.26 Å². The highest BCUT2D eigenvalue weighted by Gasteiger charge is 2.24. The molecule has 9 heteroatoms. The first-order chi connectivity index (χ1) is 16.4.